The number of aromatic nitrogens is 4. The van der Waals surface area contributed by atoms with Crippen molar-refractivity contribution in [1.82, 2.24) is 24.2 Å². The highest BCUT2D eigenvalue weighted by Gasteiger charge is 2.32. The Labute approximate surface area is 221 Å². The van der Waals surface area contributed by atoms with Crippen LogP contribution in [-0.4, -0.2) is 62.6 Å². The lowest BCUT2D eigenvalue weighted by Crippen LogP contribution is -2.44. The molecule has 1 aliphatic carbocycles. The number of aryl methyl sites for hydroxylation is 1. The van der Waals surface area contributed by atoms with Gasteiger partial charge >= 0.3 is 0 Å². The van der Waals surface area contributed by atoms with Crippen LogP contribution in [-0.2, 0) is 18.6 Å². The largest absolute Gasteiger partial charge is 0.385 e. The second-order valence-corrected chi connectivity index (χ2v) is 10.5. The van der Waals surface area contributed by atoms with Crippen molar-refractivity contribution >= 4 is 28.4 Å². The number of nitrogens with one attached hydrogen (secondary N) is 1. The fraction of sp³-hybridized carbons (Fsp3) is 0.345. The van der Waals surface area contributed by atoms with E-state index >= 15 is 0 Å². The van der Waals surface area contributed by atoms with Crippen LogP contribution in [0.25, 0.3) is 16.7 Å². The minimum absolute atomic E-state index is 0.185. The van der Waals surface area contributed by atoms with Crippen LogP contribution < -0.4 is 15.8 Å². The van der Waals surface area contributed by atoms with Gasteiger partial charge in [-0.3, -0.25) is 4.79 Å². The number of rotatable bonds is 6. The van der Waals surface area contributed by atoms with Crippen LogP contribution in [0.3, 0.4) is 0 Å². The van der Waals surface area contributed by atoms with Gasteiger partial charge in [-0.05, 0) is 74.3 Å². The topological polar surface area (TPSA) is 91.5 Å². The molecule has 0 unspecified atom stereocenters. The molecule has 1 atom stereocenters. The van der Waals surface area contributed by atoms with Gasteiger partial charge in [-0.1, -0.05) is 12.1 Å². The zero-order chi connectivity index (χ0) is 26.4. The summed E-state index contributed by atoms with van der Waals surface area (Å²) in [6, 6.07) is 14.2. The Morgan fingerprint density at radius 2 is 1.84 bits per heavy atom. The van der Waals surface area contributed by atoms with Crippen molar-refractivity contribution in [3.8, 4) is 5.69 Å². The van der Waals surface area contributed by atoms with E-state index < -0.39 is 5.60 Å². The van der Waals surface area contributed by atoms with Crippen molar-refractivity contribution < 1.29 is 5.11 Å². The molecule has 0 spiro atoms. The van der Waals surface area contributed by atoms with E-state index in [0.29, 0.717) is 29.9 Å². The van der Waals surface area contributed by atoms with E-state index in [9.17, 15) is 9.90 Å². The van der Waals surface area contributed by atoms with E-state index in [1.165, 1.54) is 5.69 Å². The Bertz CT molecular complexity index is 1560. The van der Waals surface area contributed by atoms with Crippen LogP contribution in [0, 0.1) is 0 Å². The molecule has 0 bridgehead atoms. The van der Waals surface area contributed by atoms with Crippen LogP contribution >= 0.6 is 0 Å². The predicted octanol–water partition coefficient (Wildman–Crippen LogP) is 3.42. The average molecular weight is 512 g/mol. The number of fused-ring (bicyclic) bond motifs is 2. The molecule has 2 N–H and O–H groups in total. The molecular weight excluding hydrogens is 478 g/mol. The number of nitrogens with zero attached hydrogens (tertiary/aromatic N) is 6. The number of aliphatic hydroxyl groups is 1. The molecule has 0 saturated carbocycles. The third-order valence-corrected chi connectivity index (χ3v) is 7.77. The Kier molecular flexibility index (Phi) is 6.04. The molecule has 1 fully saturated rings. The van der Waals surface area contributed by atoms with Crippen molar-refractivity contribution in [1.29, 1.82) is 0 Å². The first kappa shape index (κ1) is 24.4. The number of anilines is 3. The minimum Gasteiger partial charge on any atom is -0.385 e. The smallest absolute Gasteiger partial charge is 0.278 e. The molecule has 6 rings (SSSR count). The lowest BCUT2D eigenvalue weighted by Gasteiger charge is -2.34. The van der Waals surface area contributed by atoms with Gasteiger partial charge in [-0.2, -0.15) is 4.98 Å². The van der Waals surface area contributed by atoms with E-state index in [0.717, 1.165) is 55.1 Å². The molecule has 2 aromatic carbocycles. The van der Waals surface area contributed by atoms with E-state index in [-0.39, 0.29) is 5.56 Å². The second kappa shape index (κ2) is 9.41. The third kappa shape index (κ3) is 4.27. The van der Waals surface area contributed by atoms with Crippen molar-refractivity contribution in [2.75, 3.05) is 43.4 Å². The lowest BCUT2D eigenvalue weighted by molar-refractivity contribution is 0.0594. The van der Waals surface area contributed by atoms with Gasteiger partial charge in [0.25, 0.3) is 5.56 Å². The standard InChI is InChI=1S/C29H33N7O2/c1-4-13-35-27(37)24-19-30-28(31-21-6-9-22(10-7-21)34-16-14-33(3)15-17-34)32-26(24)36(35)23-8-5-20-11-12-29(2,38)25(20)18-23/h4-10,18-19,38H,1,11-17H2,2-3H3,(H,30,31,32)/t29-/m0/s1. The summed E-state index contributed by atoms with van der Waals surface area (Å²) in [4.78, 5) is 27.2. The van der Waals surface area contributed by atoms with Gasteiger partial charge in [0.2, 0.25) is 5.95 Å². The molecular formula is C29H33N7O2. The van der Waals surface area contributed by atoms with Crippen LogP contribution in [0.15, 0.2) is 66.1 Å². The Balaban J connectivity index is 1.36. The summed E-state index contributed by atoms with van der Waals surface area (Å²) >= 11 is 0. The number of hydrogen-bond acceptors (Lipinski definition) is 7. The van der Waals surface area contributed by atoms with Crippen molar-refractivity contribution in [2.24, 2.45) is 0 Å². The van der Waals surface area contributed by atoms with Gasteiger partial charge in [-0.15, -0.1) is 6.58 Å². The first-order chi connectivity index (χ1) is 18.3. The molecule has 9 heteroatoms. The van der Waals surface area contributed by atoms with Crippen molar-refractivity contribution in [3.05, 3.63) is 82.8 Å². The summed E-state index contributed by atoms with van der Waals surface area (Å²) in [7, 11) is 2.15. The van der Waals surface area contributed by atoms with Gasteiger partial charge in [-0.25, -0.2) is 14.3 Å². The zero-order valence-electron chi connectivity index (χ0n) is 21.9. The highest BCUT2D eigenvalue weighted by Crippen LogP contribution is 2.37. The van der Waals surface area contributed by atoms with Crippen LogP contribution in [0.5, 0.6) is 0 Å². The Morgan fingerprint density at radius 3 is 2.58 bits per heavy atom. The molecule has 2 aliphatic rings. The molecule has 0 amide bonds. The van der Waals surface area contributed by atoms with Crippen molar-refractivity contribution in [3.63, 3.8) is 0 Å². The molecule has 0 radical (unpaired) electrons. The molecule has 1 aliphatic heterocycles. The third-order valence-electron chi connectivity index (χ3n) is 7.77. The maximum absolute atomic E-state index is 13.3. The maximum Gasteiger partial charge on any atom is 0.278 e. The number of hydrogen-bond donors (Lipinski definition) is 2. The Hall–Kier alpha value is -3.95. The van der Waals surface area contributed by atoms with Gasteiger partial charge in [0.15, 0.2) is 5.65 Å². The predicted molar refractivity (Wildman–Crippen MR) is 151 cm³/mol. The summed E-state index contributed by atoms with van der Waals surface area (Å²) in [5, 5.41) is 14.6. The fourth-order valence-electron chi connectivity index (χ4n) is 5.52. The van der Waals surface area contributed by atoms with Gasteiger partial charge in [0, 0.05) is 43.8 Å². The SMILES string of the molecule is C=CCn1c(=O)c2cnc(Nc3ccc(N4CCN(C)CC4)cc3)nc2n1-c1ccc2c(c1)[C@@](C)(O)CC2. The van der Waals surface area contributed by atoms with Gasteiger partial charge in [0.1, 0.15) is 5.39 Å². The number of benzene rings is 2. The zero-order valence-corrected chi connectivity index (χ0v) is 21.9. The van der Waals surface area contributed by atoms with Crippen LogP contribution in [0.4, 0.5) is 17.3 Å². The summed E-state index contributed by atoms with van der Waals surface area (Å²) in [5.74, 6) is 0.405. The first-order valence-electron chi connectivity index (χ1n) is 13.1. The molecule has 38 heavy (non-hydrogen) atoms. The molecule has 1 saturated heterocycles. The highest BCUT2D eigenvalue weighted by molar-refractivity contribution is 5.77. The van der Waals surface area contributed by atoms with Gasteiger partial charge < -0.3 is 20.2 Å². The monoisotopic (exact) mass is 511 g/mol. The summed E-state index contributed by atoms with van der Waals surface area (Å²) in [6.07, 6.45) is 4.78. The second-order valence-electron chi connectivity index (χ2n) is 10.5. The van der Waals surface area contributed by atoms with Crippen molar-refractivity contribution in [2.45, 2.75) is 31.9 Å². The Morgan fingerprint density at radius 1 is 1.11 bits per heavy atom. The molecule has 196 valence electrons. The summed E-state index contributed by atoms with van der Waals surface area (Å²) in [6.45, 7) is 10.1. The van der Waals surface area contributed by atoms with Gasteiger partial charge in [0.05, 0.1) is 17.8 Å². The van der Waals surface area contributed by atoms with E-state index in [4.69, 9.17) is 4.98 Å². The normalized spacial score (nSPS) is 19.6. The summed E-state index contributed by atoms with van der Waals surface area (Å²) in [5.41, 5.74) is 4.28. The highest BCUT2D eigenvalue weighted by atomic mass is 16.3. The minimum atomic E-state index is -0.893. The molecule has 4 aromatic rings. The molecule has 3 heterocycles. The number of piperazine rings is 1. The first-order valence-corrected chi connectivity index (χ1v) is 13.1. The fourth-order valence-corrected chi connectivity index (χ4v) is 5.52. The maximum atomic E-state index is 13.3. The molecule has 2 aromatic heterocycles. The van der Waals surface area contributed by atoms with Crippen LogP contribution in [0.1, 0.15) is 24.5 Å². The van der Waals surface area contributed by atoms with E-state index in [2.05, 4.69) is 45.9 Å². The number of likely N-dealkylation sites (N-methyl/N-ethyl adjacent to an activating group) is 1. The van der Waals surface area contributed by atoms with Crippen LogP contribution in [0.2, 0.25) is 0 Å². The number of allylic oxidation sites excluding steroid dienone is 1. The summed E-state index contributed by atoms with van der Waals surface area (Å²) < 4.78 is 3.41. The lowest BCUT2D eigenvalue weighted by atomic mass is 9.98. The van der Waals surface area contributed by atoms with E-state index in [1.807, 2.05) is 37.3 Å². The van der Waals surface area contributed by atoms with E-state index in [1.54, 1.807) is 21.6 Å². The quantitative estimate of drug-likeness (QED) is 0.383. The average Bonchev–Trinajstić information content (AvgIpc) is 3.37. The molecule has 9 nitrogen and oxygen atoms in total.